The van der Waals surface area contributed by atoms with Crippen molar-refractivity contribution >= 4 is 11.9 Å². The fourth-order valence-electron chi connectivity index (χ4n) is 2.98. The van der Waals surface area contributed by atoms with Crippen molar-refractivity contribution in [2.24, 2.45) is 11.8 Å². The zero-order valence-corrected chi connectivity index (χ0v) is 12.1. The highest BCUT2D eigenvalue weighted by atomic mass is 19.4. The van der Waals surface area contributed by atoms with E-state index in [1.807, 2.05) is 0 Å². The summed E-state index contributed by atoms with van der Waals surface area (Å²) in [5.41, 5.74) is -0.615. The lowest BCUT2D eigenvalue weighted by Gasteiger charge is -2.15. The van der Waals surface area contributed by atoms with Gasteiger partial charge >= 0.3 is 12.1 Å². The van der Waals surface area contributed by atoms with Crippen LogP contribution in [0.5, 0.6) is 0 Å². The number of benzene rings is 1. The summed E-state index contributed by atoms with van der Waals surface area (Å²) < 4.78 is 39.0. The number of amides is 1. The number of carbonyl (C=O) groups is 2. The summed E-state index contributed by atoms with van der Waals surface area (Å²) in [6.45, 7) is 0. The lowest BCUT2D eigenvalue weighted by Crippen LogP contribution is -2.43. The van der Waals surface area contributed by atoms with Crippen LogP contribution in [0.4, 0.5) is 13.2 Å². The van der Waals surface area contributed by atoms with Crippen LogP contribution in [0, 0.1) is 11.8 Å². The van der Waals surface area contributed by atoms with Crippen molar-refractivity contribution in [3.05, 3.63) is 35.4 Å². The molecule has 3 atom stereocenters. The van der Waals surface area contributed by atoms with Crippen molar-refractivity contribution in [3.63, 3.8) is 0 Å². The van der Waals surface area contributed by atoms with Crippen LogP contribution in [0.15, 0.2) is 24.3 Å². The molecule has 2 fully saturated rings. The second kappa shape index (κ2) is 5.54. The lowest BCUT2D eigenvalue weighted by atomic mass is 10.0. The first-order valence-electron chi connectivity index (χ1n) is 7.48. The Bertz CT molecular complexity index is 640. The molecule has 0 aliphatic heterocycles. The SMILES string of the molecule is O=C(NC(C(=O)O)C1CC1)C1CC1c1ccccc1C(F)(F)F. The molecule has 0 saturated heterocycles. The highest BCUT2D eigenvalue weighted by Crippen LogP contribution is 2.51. The molecule has 7 heteroatoms. The van der Waals surface area contributed by atoms with Gasteiger partial charge in [0.2, 0.25) is 5.91 Å². The molecule has 0 radical (unpaired) electrons. The van der Waals surface area contributed by atoms with E-state index in [1.165, 1.54) is 18.2 Å². The summed E-state index contributed by atoms with van der Waals surface area (Å²) in [5.74, 6) is -2.70. The normalized spacial score (nSPS) is 24.8. The third-order valence-corrected chi connectivity index (χ3v) is 4.45. The smallest absolute Gasteiger partial charge is 0.416 e. The van der Waals surface area contributed by atoms with Crippen LogP contribution < -0.4 is 5.32 Å². The maximum absolute atomic E-state index is 13.0. The number of rotatable bonds is 5. The van der Waals surface area contributed by atoms with Crippen molar-refractivity contribution in [3.8, 4) is 0 Å². The van der Waals surface area contributed by atoms with Gasteiger partial charge in [-0.3, -0.25) is 4.79 Å². The lowest BCUT2D eigenvalue weighted by molar-refractivity contribution is -0.142. The number of alkyl halides is 3. The van der Waals surface area contributed by atoms with Crippen LogP contribution in [0.2, 0.25) is 0 Å². The summed E-state index contributed by atoms with van der Waals surface area (Å²) >= 11 is 0. The van der Waals surface area contributed by atoms with Gasteiger partial charge in [0.15, 0.2) is 0 Å². The summed E-state index contributed by atoms with van der Waals surface area (Å²) in [5, 5.41) is 11.6. The maximum Gasteiger partial charge on any atom is 0.416 e. The molecule has 1 aromatic rings. The molecule has 124 valence electrons. The van der Waals surface area contributed by atoms with E-state index >= 15 is 0 Å². The molecule has 2 aliphatic rings. The summed E-state index contributed by atoms with van der Waals surface area (Å²) in [6.07, 6.45) is -2.64. The first-order chi connectivity index (χ1) is 10.8. The molecular weight excluding hydrogens is 311 g/mol. The number of carbonyl (C=O) groups excluding carboxylic acids is 1. The number of aliphatic carboxylic acids is 1. The minimum atomic E-state index is -4.46. The molecule has 0 bridgehead atoms. The van der Waals surface area contributed by atoms with Crippen molar-refractivity contribution in [2.75, 3.05) is 0 Å². The largest absolute Gasteiger partial charge is 0.480 e. The number of carboxylic acid groups (broad SMARTS) is 1. The van der Waals surface area contributed by atoms with Gasteiger partial charge in [-0.1, -0.05) is 18.2 Å². The third kappa shape index (κ3) is 3.33. The first kappa shape index (κ1) is 15.8. The molecule has 0 aromatic heterocycles. The molecule has 2 N–H and O–H groups in total. The Morgan fingerprint density at radius 1 is 1.22 bits per heavy atom. The van der Waals surface area contributed by atoms with Gasteiger partial charge in [0.1, 0.15) is 6.04 Å². The second-order valence-corrected chi connectivity index (χ2v) is 6.20. The molecule has 1 amide bonds. The Morgan fingerprint density at radius 2 is 1.87 bits per heavy atom. The molecule has 23 heavy (non-hydrogen) atoms. The fraction of sp³-hybridized carbons (Fsp3) is 0.500. The van der Waals surface area contributed by atoms with Crippen LogP contribution in [0.3, 0.4) is 0 Å². The minimum Gasteiger partial charge on any atom is -0.480 e. The van der Waals surface area contributed by atoms with Gasteiger partial charge in [-0.15, -0.1) is 0 Å². The van der Waals surface area contributed by atoms with E-state index in [9.17, 15) is 22.8 Å². The molecule has 0 heterocycles. The van der Waals surface area contributed by atoms with Gasteiger partial charge in [-0.25, -0.2) is 4.79 Å². The Kier molecular flexibility index (Phi) is 3.82. The quantitative estimate of drug-likeness (QED) is 0.874. The summed E-state index contributed by atoms with van der Waals surface area (Å²) in [4.78, 5) is 23.3. The number of hydrogen-bond acceptors (Lipinski definition) is 2. The van der Waals surface area contributed by atoms with E-state index in [1.54, 1.807) is 0 Å². The van der Waals surface area contributed by atoms with Crippen molar-refractivity contribution < 1.29 is 27.9 Å². The molecule has 1 aromatic carbocycles. The molecule has 4 nitrogen and oxygen atoms in total. The average molecular weight is 327 g/mol. The van der Waals surface area contributed by atoms with Gasteiger partial charge in [-0.2, -0.15) is 13.2 Å². The van der Waals surface area contributed by atoms with Gasteiger partial charge < -0.3 is 10.4 Å². The van der Waals surface area contributed by atoms with Crippen molar-refractivity contribution in [2.45, 2.75) is 37.4 Å². The van der Waals surface area contributed by atoms with E-state index in [2.05, 4.69) is 5.32 Å². The van der Waals surface area contributed by atoms with E-state index in [0.29, 0.717) is 6.42 Å². The minimum absolute atomic E-state index is 0.0592. The Balaban J connectivity index is 1.70. The standard InChI is InChI=1S/C16H16F3NO3/c17-16(18,19)12-4-2-1-3-9(12)10-7-11(10)14(21)20-13(15(22)23)8-5-6-8/h1-4,8,10-11,13H,5-7H2,(H,20,21)(H,22,23). The summed E-state index contributed by atoms with van der Waals surface area (Å²) in [6, 6.07) is 4.30. The van der Waals surface area contributed by atoms with Gasteiger partial charge in [0.25, 0.3) is 0 Å². The van der Waals surface area contributed by atoms with Crippen LogP contribution in [-0.4, -0.2) is 23.0 Å². The number of halogens is 3. The monoisotopic (exact) mass is 327 g/mol. The number of nitrogens with one attached hydrogen (secondary N) is 1. The van der Waals surface area contributed by atoms with Gasteiger partial charge in [0.05, 0.1) is 5.56 Å². The van der Waals surface area contributed by atoms with Gasteiger partial charge in [0, 0.05) is 5.92 Å². The highest BCUT2D eigenvalue weighted by molar-refractivity contribution is 5.88. The zero-order valence-electron chi connectivity index (χ0n) is 12.1. The summed E-state index contributed by atoms with van der Waals surface area (Å²) in [7, 11) is 0. The molecule has 3 unspecified atom stereocenters. The van der Waals surface area contributed by atoms with Crippen LogP contribution in [0.25, 0.3) is 0 Å². The Morgan fingerprint density at radius 3 is 2.43 bits per heavy atom. The van der Waals surface area contributed by atoms with Crippen LogP contribution in [-0.2, 0) is 15.8 Å². The zero-order chi connectivity index (χ0) is 16.8. The van der Waals surface area contributed by atoms with Crippen molar-refractivity contribution in [1.82, 2.24) is 5.32 Å². The number of hydrogen-bond donors (Lipinski definition) is 2. The van der Waals surface area contributed by atoms with E-state index < -0.39 is 41.5 Å². The van der Waals surface area contributed by atoms with Crippen LogP contribution >= 0.6 is 0 Å². The molecule has 3 rings (SSSR count). The maximum atomic E-state index is 13.0. The molecular formula is C16H16F3NO3. The molecule has 2 aliphatic carbocycles. The first-order valence-corrected chi connectivity index (χ1v) is 7.48. The predicted octanol–water partition coefficient (Wildman–Crippen LogP) is 2.79. The number of carboxylic acids is 1. The van der Waals surface area contributed by atoms with E-state index in [4.69, 9.17) is 5.11 Å². The average Bonchev–Trinajstić information content (AvgIpc) is 3.36. The predicted molar refractivity (Wildman–Crippen MR) is 74.6 cm³/mol. The molecule has 2 saturated carbocycles. The van der Waals surface area contributed by atoms with Gasteiger partial charge in [-0.05, 0) is 42.7 Å². The van der Waals surface area contributed by atoms with Crippen LogP contribution in [0.1, 0.15) is 36.3 Å². The Hall–Kier alpha value is -2.05. The topological polar surface area (TPSA) is 66.4 Å². The van der Waals surface area contributed by atoms with Crippen molar-refractivity contribution in [1.29, 1.82) is 0 Å². The third-order valence-electron chi connectivity index (χ3n) is 4.45. The molecule has 0 spiro atoms. The van der Waals surface area contributed by atoms with E-state index in [-0.39, 0.29) is 11.5 Å². The van der Waals surface area contributed by atoms with E-state index in [0.717, 1.165) is 18.9 Å². The highest BCUT2D eigenvalue weighted by Gasteiger charge is 2.49. The second-order valence-electron chi connectivity index (χ2n) is 6.20. The fourth-order valence-corrected chi connectivity index (χ4v) is 2.98. The Labute approximate surface area is 130 Å².